The summed E-state index contributed by atoms with van der Waals surface area (Å²) in [7, 11) is 0. The standard InChI is InChI=1S/C37H45N9O8/c38-36-42-35(53)37(54)30(9-5-15-46(36)37)41-32(50)27-8-4-14-44(27)34(52)26(39-20-47)19-43-21-45-28(18-31(43)49)25(16-23-10-12-24(48)13-11-23)40-33(51)29(45)17-22-6-2-1-3-7-22/h1-3,6-7,10-13,20,25-30,48,54H,4-5,8-9,14-19,21H2,(H,39,47)(H,40,51)(H,41,50)(H2,38,42,53)/t25-,26-,27-,28+,29+,30-,37+/m0/s1. The first-order valence-electron chi connectivity index (χ1n) is 18.3. The predicted octanol–water partition coefficient (Wildman–Crippen LogP) is -1.87. The topological polar surface area (TPSA) is 230 Å². The van der Waals surface area contributed by atoms with Crippen LogP contribution < -0.4 is 21.7 Å². The molecule has 0 saturated carbocycles. The number of nitrogens with one attached hydrogen (secondary N) is 3. The van der Waals surface area contributed by atoms with Gasteiger partial charge in [0, 0.05) is 31.6 Å². The highest BCUT2D eigenvalue weighted by molar-refractivity contribution is 6.05. The maximum Gasteiger partial charge on any atom is 0.304 e. The molecule has 2 aromatic rings. The van der Waals surface area contributed by atoms with E-state index in [0.717, 1.165) is 11.1 Å². The zero-order valence-electron chi connectivity index (χ0n) is 29.7. The molecule has 4 saturated heterocycles. The average Bonchev–Trinajstić information content (AvgIpc) is 3.74. The number of carbonyl (C=O) groups is 6. The Morgan fingerprint density at radius 2 is 1.74 bits per heavy atom. The minimum atomic E-state index is -2.12. The highest BCUT2D eigenvalue weighted by Crippen LogP contribution is 2.33. The summed E-state index contributed by atoms with van der Waals surface area (Å²) in [5, 5.41) is 29.6. The number of aliphatic imine (C=N–C) groups is 1. The summed E-state index contributed by atoms with van der Waals surface area (Å²) in [6.07, 6.45) is 2.85. The van der Waals surface area contributed by atoms with Crippen molar-refractivity contribution in [1.82, 2.24) is 35.6 Å². The van der Waals surface area contributed by atoms with E-state index in [1.165, 1.54) is 14.7 Å². The number of nitrogens with zero attached hydrogens (tertiary/aromatic N) is 5. The molecule has 286 valence electrons. The number of piperidine rings is 1. The Hall–Kier alpha value is -5.55. The van der Waals surface area contributed by atoms with E-state index in [-0.39, 0.29) is 62.2 Å². The van der Waals surface area contributed by atoms with Gasteiger partial charge in [-0.1, -0.05) is 42.5 Å². The van der Waals surface area contributed by atoms with Crippen molar-refractivity contribution >= 4 is 41.9 Å². The monoisotopic (exact) mass is 743 g/mol. The van der Waals surface area contributed by atoms with E-state index >= 15 is 0 Å². The molecule has 54 heavy (non-hydrogen) atoms. The molecule has 0 aromatic heterocycles. The van der Waals surface area contributed by atoms with Crippen LogP contribution in [0.25, 0.3) is 0 Å². The van der Waals surface area contributed by atoms with Gasteiger partial charge in [0.2, 0.25) is 41.7 Å². The minimum absolute atomic E-state index is 0.0186. The number of aromatic hydroxyl groups is 1. The molecule has 7 rings (SSSR count). The molecule has 5 heterocycles. The number of benzene rings is 2. The van der Waals surface area contributed by atoms with Crippen LogP contribution >= 0.6 is 0 Å². The van der Waals surface area contributed by atoms with Gasteiger partial charge >= 0.3 is 5.91 Å². The third-order valence-corrected chi connectivity index (χ3v) is 11.4. The van der Waals surface area contributed by atoms with E-state index in [2.05, 4.69) is 20.9 Å². The van der Waals surface area contributed by atoms with Crippen LogP contribution in [0.5, 0.6) is 5.75 Å². The lowest BCUT2D eigenvalue weighted by molar-refractivity contribution is -0.161. The number of hydrogen-bond acceptors (Lipinski definition) is 11. The van der Waals surface area contributed by atoms with Gasteiger partial charge in [-0.3, -0.25) is 33.7 Å². The fourth-order valence-electron chi connectivity index (χ4n) is 8.58. The molecule has 7 atom stereocenters. The maximum absolute atomic E-state index is 14.1. The normalized spacial score (nSPS) is 28.8. The molecular formula is C37H45N9O8. The van der Waals surface area contributed by atoms with E-state index in [0.29, 0.717) is 45.1 Å². The lowest BCUT2D eigenvalue weighted by Crippen LogP contribution is -2.72. The molecule has 7 N–H and O–H groups in total. The zero-order chi connectivity index (χ0) is 38.1. The Kier molecular flexibility index (Phi) is 10.3. The molecule has 17 heteroatoms. The number of guanidine groups is 1. The van der Waals surface area contributed by atoms with E-state index in [9.17, 15) is 39.0 Å². The highest BCUT2D eigenvalue weighted by Gasteiger charge is 2.57. The highest BCUT2D eigenvalue weighted by atomic mass is 16.3. The Morgan fingerprint density at radius 3 is 2.48 bits per heavy atom. The largest absolute Gasteiger partial charge is 0.508 e. The molecule has 2 aromatic carbocycles. The van der Waals surface area contributed by atoms with Crippen molar-refractivity contribution in [2.75, 3.05) is 26.3 Å². The quantitative estimate of drug-likeness (QED) is 0.140. The third-order valence-electron chi connectivity index (χ3n) is 11.4. The number of carbonyl (C=O) groups excluding carboxylic acids is 6. The fourth-order valence-corrected chi connectivity index (χ4v) is 8.58. The Labute approximate surface area is 311 Å². The van der Waals surface area contributed by atoms with Crippen molar-refractivity contribution in [3.05, 3.63) is 65.7 Å². The van der Waals surface area contributed by atoms with Gasteiger partial charge in [0.05, 0.1) is 25.3 Å². The van der Waals surface area contributed by atoms with Gasteiger partial charge in [-0.05, 0) is 61.8 Å². The second-order valence-electron chi connectivity index (χ2n) is 14.6. The fraction of sp³-hybridized carbons (Fsp3) is 0.486. The smallest absolute Gasteiger partial charge is 0.304 e. The van der Waals surface area contributed by atoms with Crippen molar-refractivity contribution in [3.63, 3.8) is 0 Å². The molecule has 0 unspecified atom stereocenters. The number of likely N-dealkylation sites (tertiary alicyclic amines) is 1. The van der Waals surface area contributed by atoms with Gasteiger partial charge in [0.25, 0.3) is 0 Å². The predicted molar refractivity (Wildman–Crippen MR) is 192 cm³/mol. The SMILES string of the molecule is NC1=NC(=O)[C@]2(O)[C@@H](NC(=O)[C@@H]3CCCN3C(=O)[C@H](CN3CN4[C@H](Cc5ccccc5)C(=O)N[C@@H](Cc5ccc(O)cc5)[C@H]4CC3=O)NC=O)CCCN12. The van der Waals surface area contributed by atoms with Crippen LogP contribution in [-0.2, 0) is 41.6 Å². The Morgan fingerprint density at radius 1 is 1.02 bits per heavy atom. The number of fused-ring (bicyclic) bond motifs is 2. The lowest BCUT2D eigenvalue weighted by atomic mass is 9.88. The van der Waals surface area contributed by atoms with E-state index in [1.807, 2.05) is 35.2 Å². The number of piperazine rings is 1. The van der Waals surface area contributed by atoms with Gasteiger partial charge in [-0.25, -0.2) is 0 Å². The first kappa shape index (κ1) is 36.8. The van der Waals surface area contributed by atoms with E-state index in [1.54, 1.807) is 24.3 Å². The van der Waals surface area contributed by atoms with Crippen molar-refractivity contribution in [2.24, 2.45) is 10.7 Å². The molecule has 17 nitrogen and oxygen atoms in total. The van der Waals surface area contributed by atoms with Crippen LogP contribution in [-0.4, -0.2) is 140 Å². The molecule has 5 aliphatic rings. The Balaban J connectivity index is 1.07. The number of phenolic OH excluding ortho intramolecular Hbond substituents is 1. The van der Waals surface area contributed by atoms with E-state index in [4.69, 9.17) is 5.73 Å². The number of amides is 6. The van der Waals surface area contributed by atoms with Crippen LogP contribution in [0, 0.1) is 0 Å². The minimum Gasteiger partial charge on any atom is -0.508 e. The van der Waals surface area contributed by atoms with Crippen LogP contribution in [0.3, 0.4) is 0 Å². The second-order valence-corrected chi connectivity index (χ2v) is 14.6. The Bertz CT molecular complexity index is 1830. The second kappa shape index (κ2) is 15.1. The number of hydrogen-bond donors (Lipinski definition) is 6. The first-order valence-corrected chi connectivity index (χ1v) is 18.3. The van der Waals surface area contributed by atoms with Crippen molar-refractivity contribution < 1.29 is 39.0 Å². The van der Waals surface area contributed by atoms with Crippen molar-refractivity contribution in [1.29, 1.82) is 0 Å². The van der Waals surface area contributed by atoms with Gasteiger partial charge in [0.1, 0.15) is 17.8 Å². The van der Waals surface area contributed by atoms with Gasteiger partial charge < -0.3 is 46.6 Å². The lowest BCUT2D eigenvalue weighted by Gasteiger charge is -2.51. The summed E-state index contributed by atoms with van der Waals surface area (Å²) in [6, 6.07) is 11.7. The summed E-state index contributed by atoms with van der Waals surface area (Å²) in [5.74, 6) is -2.46. The average molecular weight is 744 g/mol. The summed E-state index contributed by atoms with van der Waals surface area (Å²) in [4.78, 5) is 89.8. The van der Waals surface area contributed by atoms with Gasteiger partial charge in [-0.15, -0.1) is 0 Å². The van der Waals surface area contributed by atoms with Crippen LogP contribution in [0.2, 0.25) is 0 Å². The van der Waals surface area contributed by atoms with Crippen LogP contribution in [0.1, 0.15) is 43.2 Å². The van der Waals surface area contributed by atoms with Crippen LogP contribution in [0.4, 0.5) is 0 Å². The third kappa shape index (κ3) is 6.96. The van der Waals surface area contributed by atoms with Crippen LogP contribution in [0.15, 0.2) is 59.6 Å². The summed E-state index contributed by atoms with van der Waals surface area (Å²) in [6.45, 7) is 0.325. The van der Waals surface area contributed by atoms with E-state index < -0.39 is 53.7 Å². The molecule has 0 aliphatic carbocycles. The van der Waals surface area contributed by atoms with Gasteiger partial charge in [-0.2, -0.15) is 4.99 Å². The zero-order valence-corrected chi connectivity index (χ0v) is 29.7. The van der Waals surface area contributed by atoms with Crippen molar-refractivity contribution in [3.8, 4) is 5.75 Å². The molecular weight excluding hydrogens is 698 g/mol. The molecule has 0 spiro atoms. The molecule has 0 bridgehead atoms. The summed E-state index contributed by atoms with van der Waals surface area (Å²) in [5.41, 5.74) is 5.55. The van der Waals surface area contributed by atoms with Crippen molar-refractivity contribution in [2.45, 2.75) is 86.9 Å². The number of phenols is 1. The number of aliphatic hydroxyl groups is 1. The maximum atomic E-state index is 14.1. The molecule has 0 radical (unpaired) electrons. The number of nitrogens with two attached hydrogens (primary N) is 1. The van der Waals surface area contributed by atoms with Gasteiger partial charge in [0.15, 0.2) is 0 Å². The molecule has 6 amide bonds. The number of rotatable bonds is 11. The summed E-state index contributed by atoms with van der Waals surface area (Å²) < 4.78 is 0. The molecule has 4 fully saturated rings. The molecule has 5 aliphatic heterocycles. The summed E-state index contributed by atoms with van der Waals surface area (Å²) >= 11 is 0. The first-order chi connectivity index (χ1) is 26.0.